The van der Waals surface area contributed by atoms with Crippen LogP contribution >= 0.6 is 0 Å². The van der Waals surface area contributed by atoms with Gasteiger partial charge in [-0.3, -0.25) is 9.78 Å². The van der Waals surface area contributed by atoms with E-state index < -0.39 is 0 Å². The number of hydrogen-bond donors (Lipinski definition) is 1. The van der Waals surface area contributed by atoms with Crippen molar-refractivity contribution in [3.63, 3.8) is 0 Å². The van der Waals surface area contributed by atoms with Crippen LogP contribution in [0.1, 0.15) is 39.5 Å². The number of carbonyl (C=O) groups is 1. The van der Waals surface area contributed by atoms with E-state index in [1.54, 1.807) is 18.7 Å². The summed E-state index contributed by atoms with van der Waals surface area (Å²) in [4.78, 5) is 27.3. The third-order valence-corrected chi connectivity index (χ3v) is 4.92. The minimum atomic E-state index is 0.173. The summed E-state index contributed by atoms with van der Waals surface area (Å²) < 4.78 is 0. The second-order valence-electron chi connectivity index (χ2n) is 6.37. The van der Waals surface area contributed by atoms with E-state index in [-0.39, 0.29) is 5.92 Å². The van der Waals surface area contributed by atoms with Crippen LogP contribution in [0.2, 0.25) is 0 Å². The van der Waals surface area contributed by atoms with Crippen LogP contribution in [-0.2, 0) is 4.79 Å². The monoisotopic (exact) mass is 327 g/mol. The number of hydrogen-bond acceptors (Lipinski definition) is 5. The molecule has 3 heterocycles. The van der Waals surface area contributed by atoms with Gasteiger partial charge in [-0.15, -0.1) is 0 Å². The van der Waals surface area contributed by atoms with Crippen LogP contribution in [-0.4, -0.2) is 44.9 Å². The van der Waals surface area contributed by atoms with Gasteiger partial charge in [0.05, 0.1) is 10.9 Å². The molecule has 1 saturated heterocycles. The van der Waals surface area contributed by atoms with Gasteiger partial charge in [0.15, 0.2) is 0 Å². The lowest BCUT2D eigenvalue weighted by molar-refractivity contribution is -0.136. The minimum Gasteiger partial charge on any atom is -0.367 e. The number of fused-ring (bicyclic) bond motifs is 1. The molecular formula is C18H25N5O. The molecule has 0 atom stereocenters. The highest BCUT2D eigenvalue weighted by Crippen LogP contribution is 2.22. The van der Waals surface area contributed by atoms with Crippen LogP contribution in [0, 0.1) is 5.92 Å². The van der Waals surface area contributed by atoms with Crippen molar-refractivity contribution in [1.82, 2.24) is 19.9 Å². The van der Waals surface area contributed by atoms with E-state index in [9.17, 15) is 4.79 Å². The number of carbonyl (C=O) groups excluding carboxylic acids is 1. The van der Waals surface area contributed by atoms with Gasteiger partial charge in [0.1, 0.15) is 12.1 Å². The number of nitrogens with one attached hydrogen (secondary N) is 1. The van der Waals surface area contributed by atoms with Crippen LogP contribution < -0.4 is 5.32 Å². The van der Waals surface area contributed by atoms with Gasteiger partial charge < -0.3 is 10.2 Å². The number of rotatable bonds is 5. The Kier molecular flexibility index (Phi) is 5.23. The molecule has 6 heteroatoms. The SMILES string of the molecule is CCC(CC)C(=O)N1CCC(Nc2ncnc3ccncc23)CC1. The third-order valence-electron chi connectivity index (χ3n) is 4.92. The van der Waals surface area contributed by atoms with Gasteiger partial charge in [0.2, 0.25) is 5.91 Å². The van der Waals surface area contributed by atoms with E-state index in [4.69, 9.17) is 0 Å². The average molecular weight is 327 g/mol. The molecule has 1 aliphatic rings. The highest BCUT2D eigenvalue weighted by atomic mass is 16.2. The first-order valence-electron chi connectivity index (χ1n) is 8.83. The summed E-state index contributed by atoms with van der Waals surface area (Å²) in [6.45, 7) is 5.81. The summed E-state index contributed by atoms with van der Waals surface area (Å²) in [5.74, 6) is 1.32. The topological polar surface area (TPSA) is 71.0 Å². The Morgan fingerprint density at radius 1 is 1.29 bits per heavy atom. The molecule has 0 aromatic carbocycles. The Labute approximate surface area is 142 Å². The Morgan fingerprint density at radius 2 is 2.04 bits per heavy atom. The number of anilines is 1. The molecular weight excluding hydrogens is 302 g/mol. The number of likely N-dealkylation sites (tertiary alicyclic amines) is 1. The Morgan fingerprint density at radius 3 is 2.75 bits per heavy atom. The molecule has 0 aliphatic carbocycles. The maximum absolute atomic E-state index is 12.5. The quantitative estimate of drug-likeness (QED) is 0.914. The molecule has 1 N–H and O–H groups in total. The molecule has 0 saturated carbocycles. The number of aromatic nitrogens is 3. The molecule has 24 heavy (non-hydrogen) atoms. The molecule has 0 bridgehead atoms. The third kappa shape index (κ3) is 3.47. The van der Waals surface area contributed by atoms with Crippen molar-refractivity contribution in [3.05, 3.63) is 24.8 Å². The molecule has 128 valence electrons. The fourth-order valence-corrected chi connectivity index (χ4v) is 3.35. The lowest BCUT2D eigenvalue weighted by Gasteiger charge is -2.34. The van der Waals surface area contributed by atoms with Crippen molar-refractivity contribution in [2.45, 2.75) is 45.6 Å². The molecule has 6 nitrogen and oxygen atoms in total. The molecule has 2 aromatic heterocycles. The predicted octanol–water partition coefficient (Wildman–Crippen LogP) is 2.86. The zero-order valence-corrected chi connectivity index (χ0v) is 14.4. The normalized spacial score (nSPS) is 15.9. The van der Waals surface area contributed by atoms with Crippen LogP contribution in [0.15, 0.2) is 24.8 Å². The molecule has 0 radical (unpaired) electrons. The second kappa shape index (κ2) is 7.55. The van der Waals surface area contributed by atoms with Crippen LogP contribution in [0.4, 0.5) is 5.82 Å². The van der Waals surface area contributed by atoms with E-state index in [2.05, 4.69) is 34.1 Å². The van der Waals surface area contributed by atoms with Gasteiger partial charge in [-0.25, -0.2) is 9.97 Å². The summed E-state index contributed by atoms with van der Waals surface area (Å²) in [6, 6.07) is 2.22. The maximum atomic E-state index is 12.5. The predicted molar refractivity (Wildman–Crippen MR) is 94.6 cm³/mol. The highest BCUT2D eigenvalue weighted by molar-refractivity contribution is 5.87. The maximum Gasteiger partial charge on any atom is 0.225 e. The number of piperidine rings is 1. The van der Waals surface area contributed by atoms with Gasteiger partial charge in [0.25, 0.3) is 0 Å². The number of pyridine rings is 1. The lowest BCUT2D eigenvalue weighted by Crippen LogP contribution is -2.44. The smallest absolute Gasteiger partial charge is 0.225 e. The minimum absolute atomic E-state index is 0.173. The molecule has 2 aromatic rings. The summed E-state index contributed by atoms with van der Waals surface area (Å²) in [6.07, 6.45) is 8.84. The molecule has 1 fully saturated rings. The average Bonchev–Trinajstić information content (AvgIpc) is 2.63. The van der Waals surface area contributed by atoms with E-state index in [1.807, 2.05) is 11.0 Å². The van der Waals surface area contributed by atoms with Crippen LogP contribution in [0.5, 0.6) is 0 Å². The summed E-state index contributed by atoms with van der Waals surface area (Å²) in [7, 11) is 0. The van der Waals surface area contributed by atoms with E-state index in [1.165, 1.54) is 0 Å². The van der Waals surface area contributed by atoms with Gasteiger partial charge in [-0.1, -0.05) is 13.8 Å². The van der Waals surface area contributed by atoms with Gasteiger partial charge in [-0.05, 0) is 31.7 Å². The number of amides is 1. The van der Waals surface area contributed by atoms with Gasteiger partial charge in [-0.2, -0.15) is 0 Å². The van der Waals surface area contributed by atoms with Crippen molar-refractivity contribution in [2.24, 2.45) is 5.92 Å². The van der Waals surface area contributed by atoms with Crippen LogP contribution in [0.3, 0.4) is 0 Å². The molecule has 0 spiro atoms. The van der Waals surface area contributed by atoms with E-state index >= 15 is 0 Å². The Hall–Kier alpha value is -2.24. The largest absolute Gasteiger partial charge is 0.367 e. The summed E-state index contributed by atoms with van der Waals surface area (Å²) in [5, 5.41) is 4.45. The fraction of sp³-hybridized carbons (Fsp3) is 0.556. The first kappa shape index (κ1) is 16.6. The summed E-state index contributed by atoms with van der Waals surface area (Å²) >= 11 is 0. The molecule has 1 aliphatic heterocycles. The zero-order valence-electron chi connectivity index (χ0n) is 14.4. The highest BCUT2D eigenvalue weighted by Gasteiger charge is 2.26. The zero-order chi connectivity index (χ0) is 16.9. The Balaban J connectivity index is 1.62. The second-order valence-corrected chi connectivity index (χ2v) is 6.37. The molecule has 1 amide bonds. The molecule has 0 unspecified atom stereocenters. The molecule has 3 rings (SSSR count). The first-order valence-corrected chi connectivity index (χ1v) is 8.83. The standard InChI is InChI=1S/C18H25N5O/c1-3-13(4-2)18(24)23-9-6-14(7-10-23)22-17-15-11-19-8-5-16(15)20-12-21-17/h5,8,11-14H,3-4,6-7,9-10H2,1-2H3,(H,20,21,22). The van der Waals surface area contributed by atoms with Crippen molar-refractivity contribution in [3.8, 4) is 0 Å². The Bertz CT molecular complexity index is 687. The lowest BCUT2D eigenvalue weighted by atomic mass is 9.98. The van der Waals surface area contributed by atoms with Crippen molar-refractivity contribution in [2.75, 3.05) is 18.4 Å². The van der Waals surface area contributed by atoms with Crippen molar-refractivity contribution < 1.29 is 4.79 Å². The van der Waals surface area contributed by atoms with E-state index in [0.29, 0.717) is 11.9 Å². The summed E-state index contributed by atoms with van der Waals surface area (Å²) in [5.41, 5.74) is 0.892. The van der Waals surface area contributed by atoms with Crippen molar-refractivity contribution in [1.29, 1.82) is 0 Å². The van der Waals surface area contributed by atoms with Crippen molar-refractivity contribution >= 4 is 22.6 Å². The van der Waals surface area contributed by atoms with Gasteiger partial charge in [0, 0.05) is 37.4 Å². The first-order chi connectivity index (χ1) is 11.7. The van der Waals surface area contributed by atoms with Crippen LogP contribution in [0.25, 0.3) is 10.9 Å². The van der Waals surface area contributed by atoms with E-state index in [0.717, 1.165) is 55.5 Å². The number of nitrogens with zero attached hydrogens (tertiary/aromatic N) is 4. The van der Waals surface area contributed by atoms with Gasteiger partial charge >= 0.3 is 0 Å². The fourth-order valence-electron chi connectivity index (χ4n) is 3.35.